The molecule has 5 heteroatoms. The van der Waals surface area contributed by atoms with Crippen molar-refractivity contribution in [3.8, 4) is 0 Å². The molecule has 1 heterocycles. The summed E-state index contributed by atoms with van der Waals surface area (Å²) in [6.07, 6.45) is 3.17. The maximum absolute atomic E-state index is 11.3. The lowest BCUT2D eigenvalue weighted by molar-refractivity contribution is 0.841. The van der Waals surface area contributed by atoms with E-state index in [0.29, 0.717) is 18.2 Å². The maximum Gasteiger partial charge on any atom is 0.293 e. The van der Waals surface area contributed by atoms with Gasteiger partial charge in [0.05, 0.1) is 0 Å². The zero-order valence-corrected chi connectivity index (χ0v) is 7.51. The average molecular weight is 188 g/mol. The van der Waals surface area contributed by atoms with Crippen LogP contribution >= 0.6 is 11.6 Å². The van der Waals surface area contributed by atoms with E-state index >= 15 is 0 Å². The summed E-state index contributed by atoms with van der Waals surface area (Å²) in [6, 6.07) is 0. The molecule has 0 aliphatic rings. The fourth-order valence-electron chi connectivity index (χ4n) is 0.785. The van der Waals surface area contributed by atoms with Gasteiger partial charge in [-0.3, -0.25) is 4.79 Å². The largest absolute Gasteiger partial charge is 0.364 e. The molecule has 0 aliphatic carbocycles. The summed E-state index contributed by atoms with van der Waals surface area (Å²) < 4.78 is 1.46. The SMILES string of the molecule is Cn1ccnc(NCCCl)c1=O. The average Bonchev–Trinajstić information content (AvgIpc) is 2.08. The fraction of sp³-hybridized carbons (Fsp3) is 0.429. The second-order valence-corrected chi connectivity index (χ2v) is 2.69. The van der Waals surface area contributed by atoms with Gasteiger partial charge in [-0.2, -0.15) is 0 Å². The monoisotopic (exact) mass is 187 g/mol. The van der Waals surface area contributed by atoms with Crippen molar-refractivity contribution in [2.75, 3.05) is 17.7 Å². The highest BCUT2D eigenvalue weighted by atomic mass is 35.5. The van der Waals surface area contributed by atoms with Gasteiger partial charge in [-0.1, -0.05) is 0 Å². The van der Waals surface area contributed by atoms with E-state index in [-0.39, 0.29) is 5.56 Å². The van der Waals surface area contributed by atoms with Gasteiger partial charge in [0.1, 0.15) is 0 Å². The number of hydrogen-bond donors (Lipinski definition) is 1. The molecule has 0 bridgehead atoms. The molecule has 0 atom stereocenters. The van der Waals surface area contributed by atoms with Crippen LogP contribution in [0.3, 0.4) is 0 Å². The highest BCUT2D eigenvalue weighted by molar-refractivity contribution is 6.18. The van der Waals surface area contributed by atoms with E-state index in [1.807, 2.05) is 0 Å². The van der Waals surface area contributed by atoms with Gasteiger partial charge in [0, 0.05) is 31.9 Å². The molecule has 0 aliphatic heterocycles. The van der Waals surface area contributed by atoms with Crippen molar-refractivity contribution in [3.05, 3.63) is 22.7 Å². The predicted molar refractivity (Wildman–Crippen MR) is 48.7 cm³/mol. The summed E-state index contributed by atoms with van der Waals surface area (Å²) in [5.41, 5.74) is -0.136. The Hall–Kier alpha value is -1.03. The molecule has 0 aromatic carbocycles. The molecule has 1 rings (SSSR count). The number of aryl methyl sites for hydroxylation is 1. The minimum atomic E-state index is -0.136. The molecule has 1 aromatic rings. The van der Waals surface area contributed by atoms with Gasteiger partial charge in [0.2, 0.25) is 0 Å². The van der Waals surface area contributed by atoms with E-state index in [1.165, 1.54) is 4.57 Å². The molecule has 1 N–H and O–H groups in total. The van der Waals surface area contributed by atoms with Crippen molar-refractivity contribution >= 4 is 17.4 Å². The highest BCUT2D eigenvalue weighted by Gasteiger charge is 1.99. The molecule has 12 heavy (non-hydrogen) atoms. The molecule has 0 amide bonds. The number of aromatic nitrogens is 2. The molecule has 66 valence electrons. The first-order chi connectivity index (χ1) is 5.75. The third kappa shape index (κ3) is 1.98. The van der Waals surface area contributed by atoms with Crippen LogP contribution in [0.25, 0.3) is 0 Å². The molecule has 1 aromatic heterocycles. The van der Waals surface area contributed by atoms with Crippen LogP contribution in [0.2, 0.25) is 0 Å². The van der Waals surface area contributed by atoms with E-state index in [4.69, 9.17) is 11.6 Å². The van der Waals surface area contributed by atoms with Crippen LogP contribution in [-0.4, -0.2) is 22.0 Å². The number of anilines is 1. The van der Waals surface area contributed by atoms with E-state index in [2.05, 4.69) is 10.3 Å². The molecule has 0 unspecified atom stereocenters. The third-order valence-corrected chi connectivity index (χ3v) is 1.59. The molecule has 0 radical (unpaired) electrons. The first-order valence-corrected chi connectivity index (χ1v) is 4.10. The first-order valence-electron chi connectivity index (χ1n) is 3.57. The Bertz CT molecular complexity index is 310. The molecular formula is C7H10ClN3O. The van der Waals surface area contributed by atoms with Crippen molar-refractivity contribution in [3.63, 3.8) is 0 Å². The minimum absolute atomic E-state index is 0.136. The van der Waals surface area contributed by atoms with Gasteiger partial charge in [0.25, 0.3) is 5.56 Å². The van der Waals surface area contributed by atoms with Crippen LogP contribution in [-0.2, 0) is 7.05 Å². The van der Waals surface area contributed by atoms with Crippen LogP contribution < -0.4 is 10.9 Å². The highest BCUT2D eigenvalue weighted by Crippen LogP contribution is 1.90. The van der Waals surface area contributed by atoms with Crippen molar-refractivity contribution in [2.24, 2.45) is 7.05 Å². The fourth-order valence-corrected chi connectivity index (χ4v) is 0.879. The quantitative estimate of drug-likeness (QED) is 0.699. The van der Waals surface area contributed by atoms with E-state index < -0.39 is 0 Å². The number of halogens is 1. The van der Waals surface area contributed by atoms with Crippen molar-refractivity contribution in [1.29, 1.82) is 0 Å². The lowest BCUT2D eigenvalue weighted by atomic mass is 10.6. The molecule has 0 saturated heterocycles. The minimum Gasteiger partial charge on any atom is -0.364 e. The molecule has 0 saturated carbocycles. The second kappa shape index (κ2) is 4.11. The first kappa shape index (κ1) is 9.06. The van der Waals surface area contributed by atoms with Gasteiger partial charge >= 0.3 is 0 Å². The Balaban J connectivity index is 2.85. The molecular weight excluding hydrogens is 178 g/mol. The summed E-state index contributed by atoms with van der Waals surface area (Å²) >= 11 is 5.44. The van der Waals surface area contributed by atoms with E-state index in [0.717, 1.165) is 0 Å². The van der Waals surface area contributed by atoms with E-state index in [1.54, 1.807) is 19.4 Å². The number of nitrogens with one attached hydrogen (secondary N) is 1. The van der Waals surface area contributed by atoms with Gasteiger partial charge in [0.15, 0.2) is 5.82 Å². The Labute approximate surface area is 75.2 Å². The van der Waals surface area contributed by atoms with Crippen molar-refractivity contribution < 1.29 is 0 Å². The Morgan fingerprint density at radius 1 is 1.75 bits per heavy atom. The van der Waals surface area contributed by atoms with E-state index in [9.17, 15) is 4.79 Å². The summed E-state index contributed by atoms with van der Waals surface area (Å²) in [6.45, 7) is 0.549. The van der Waals surface area contributed by atoms with Crippen LogP contribution in [0.1, 0.15) is 0 Å². The van der Waals surface area contributed by atoms with Crippen LogP contribution in [0, 0.1) is 0 Å². The Kier molecular flexibility index (Phi) is 3.10. The number of rotatable bonds is 3. The van der Waals surface area contributed by atoms with Crippen LogP contribution in [0.4, 0.5) is 5.82 Å². The topological polar surface area (TPSA) is 46.9 Å². The van der Waals surface area contributed by atoms with Gasteiger partial charge in [-0.25, -0.2) is 4.98 Å². The van der Waals surface area contributed by atoms with Crippen molar-refractivity contribution in [2.45, 2.75) is 0 Å². The Morgan fingerprint density at radius 2 is 2.50 bits per heavy atom. The third-order valence-electron chi connectivity index (χ3n) is 1.40. The van der Waals surface area contributed by atoms with Gasteiger partial charge in [-0.15, -0.1) is 11.6 Å². The second-order valence-electron chi connectivity index (χ2n) is 2.31. The maximum atomic E-state index is 11.3. The lowest BCUT2D eigenvalue weighted by Crippen LogP contribution is -2.22. The summed E-state index contributed by atoms with van der Waals surface area (Å²) in [5, 5.41) is 2.83. The Morgan fingerprint density at radius 3 is 3.17 bits per heavy atom. The number of nitrogens with zero attached hydrogens (tertiary/aromatic N) is 2. The van der Waals surface area contributed by atoms with Gasteiger partial charge in [-0.05, 0) is 0 Å². The summed E-state index contributed by atoms with van der Waals surface area (Å²) in [4.78, 5) is 15.1. The standard InChI is InChI=1S/C7H10ClN3O/c1-11-5-4-10-6(7(11)12)9-3-2-8/h4-5H,2-3H2,1H3,(H,9,10). The van der Waals surface area contributed by atoms with Crippen LogP contribution in [0.5, 0.6) is 0 Å². The molecule has 0 fully saturated rings. The lowest BCUT2D eigenvalue weighted by Gasteiger charge is -2.02. The number of hydrogen-bond acceptors (Lipinski definition) is 3. The predicted octanol–water partition coefficient (Wildman–Crippen LogP) is 0.431. The van der Waals surface area contributed by atoms with Gasteiger partial charge < -0.3 is 9.88 Å². The molecule has 4 nitrogen and oxygen atoms in total. The normalized spacial score (nSPS) is 9.83. The summed E-state index contributed by atoms with van der Waals surface area (Å²) in [7, 11) is 1.68. The number of alkyl halides is 1. The smallest absolute Gasteiger partial charge is 0.293 e. The van der Waals surface area contributed by atoms with Crippen molar-refractivity contribution in [1.82, 2.24) is 9.55 Å². The zero-order valence-electron chi connectivity index (χ0n) is 6.75. The van der Waals surface area contributed by atoms with Crippen LogP contribution in [0.15, 0.2) is 17.2 Å². The molecule has 0 spiro atoms. The zero-order chi connectivity index (χ0) is 8.97. The summed E-state index contributed by atoms with van der Waals surface area (Å²) in [5.74, 6) is 0.806.